The van der Waals surface area contributed by atoms with Crippen LogP contribution in [0.4, 0.5) is 8.78 Å². The number of aliphatic hydroxyl groups excluding tert-OH is 1. The van der Waals surface area contributed by atoms with Gasteiger partial charge in [0.1, 0.15) is 6.61 Å². The number of alkyl halides is 2. The minimum absolute atomic E-state index is 0.114. The Kier molecular flexibility index (Phi) is 4.20. The zero-order valence-electron chi connectivity index (χ0n) is 9.87. The molecule has 0 aliphatic heterocycles. The van der Waals surface area contributed by atoms with Gasteiger partial charge in [-0.25, -0.2) is 8.78 Å². The Labute approximate surface area is 110 Å². The Bertz CT molecular complexity index is 390. The molecule has 2 nitrogen and oxygen atoms in total. The SMILES string of the molecule is OCC(F)(F)CNC1CC(c2ccc(Cl)cc2)C1. The molecule has 0 bridgehead atoms. The van der Waals surface area contributed by atoms with Crippen molar-refractivity contribution in [1.82, 2.24) is 5.32 Å². The average molecular weight is 276 g/mol. The van der Waals surface area contributed by atoms with Crippen LogP contribution in [-0.2, 0) is 0 Å². The second kappa shape index (κ2) is 5.51. The van der Waals surface area contributed by atoms with Gasteiger partial charge in [0.25, 0.3) is 5.92 Å². The van der Waals surface area contributed by atoms with Gasteiger partial charge in [-0.3, -0.25) is 0 Å². The maximum Gasteiger partial charge on any atom is 0.282 e. The van der Waals surface area contributed by atoms with E-state index in [-0.39, 0.29) is 6.04 Å². The quantitative estimate of drug-likeness (QED) is 0.866. The Hall–Kier alpha value is -0.710. The van der Waals surface area contributed by atoms with Crippen molar-refractivity contribution >= 4 is 11.6 Å². The van der Waals surface area contributed by atoms with Crippen molar-refractivity contribution < 1.29 is 13.9 Å². The van der Waals surface area contributed by atoms with E-state index >= 15 is 0 Å². The summed E-state index contributed by atoms with van der Waals surface area (Å²) in [5.41, 5.74) is 1.20. The minimum atomic E-state index is -3.02. The smallest absolute Gasteiger partial charge is 0.282 e. The summed E-state index contributed by atoms with van der Waals surface area (Å²) in [7, 11) is 0. The molecule has 100 valence electrons. The molecular weight excluding hydrogens is 260 g/mol. The molecule has 0 spiro atoms. The van der Waals surface area contributed by atoms with Crippen LogP contribution in [0.25, 0.3) is 0 Å². The predicted octanol–water partition coefficient (Wildman–Crippen LogP) is 2.80. The standard InChI is InChI=1S/C13H16ClF2NO/c14-11-3-1-9(2-4-11)10-5-12(6-10)17-7-13(15,16)8-18/h1-4,10,12,17-18H,5-8H2. The van der Waals surface area contributed by atoms with Crippen LogP contribution in [0, 0.1) is 0 Å². The minimum Gasteiger partial charge on any atom is -0.390 e. The first-order valence-corrected chi connectivity index (χ1v) is 6.35. The zero-order chi connectivity index (χ0) is 13.2. The molecule has 1 aromatic rings. The molecule has 2 rings (SSSR count). The van der Waals surface area contributed by atoms with Gasteiger partial charge < -0.3 is 10.4 Å². The van der Waals surface area contributed by atoms with Gasteiger partial charge in [0.15, 0.2) is 0 Å². The Balaban J connectivity index is 1.75. The molecular formula is C13H16ClF2NO. The van der Waals surface area contributed by atoms with Gasteiger partial charge in [-0.2, -0.15) is 0 Å². The highest BCUT2D eigenvalue weighted by molar-refractivity contribution is 6.30. The summed E-state index contributed by atoms with van der Waals surface area (Å²) in [6.45, 7) is -1.56. The highest BCUT2D eigenvalue weighted by Gasteiger charge is 2.34. The Morgan fingerprint density at radius 1 is 1.28 bits per heavy atom. The third-order valence-electron chi connectivity index (χ3n) is 3.36. The van der Waals surface area contributed by atoms with Crippen LogP contribution in [0.1, 0.15) is 24.3 Å². The Morgan fingerprint density at radius 2 is 1.89 bits per heavy atom. The zero-order valence-corrected chi connectivity index (χ0v) is 10.6. The molecule has 0 unspecified atom stereocenters. The summed E-state index contributed by atoms with van der Waals surface area (Å²) in [5.74, 6) is -2.60. The molecule has 0 radical (unpaired) electrons. The lowest BCUT2D eigenvalue weighted by Gasteiger charge is -2.37. The second-order valence-electron chi connectivity index (χ2n) is 4.81. The summed E-state index contributed by atoms with van der Waals surface area (Å²) < 4.78 is 25.6. The van der Waals surface area contributed by atoms with E-state index in [0.29, 0.717) is 10.9 Å². The summed E-state index contributed by atoms with van der Waals surface area (Å²) in [6, 6.07) is 7.76. The van der Waals surface area contributed by atoms with Crippen LogP contribution in [-0.4, -0.2) is 30.2 Å². The number of benzene rings is 1. The van der Waals surface area contributed by atoms with Crippen LogP contribution < -0.4 is 5.32 Å². The molecule has 5 heteroatoms. The van der Waals surface area contributed by atoms with E-state index in [1.165, 1.54) is 5.56 Å². The number of hydrogen-bond donors (Lipinski definition) is 2. The van der Waals surface area contributed by atoms with E-state index < -0.39 is 19.1 Å². The first kappa shape index (κ1) is 13.7. The molecule has 1 aliphatic carbocycles. The molecule has 0 aromatic heterocycles. The van der Waals surface area contributed by atoms with Gasteiger partial charge in [-0.05, 0) is 36.5 Å². The molecule has 0 heterocycles. The van der Waals surface area contributed by atoms with Crippen molar-refractivity contribution in [3.8, 4) is 0 Å². The molecule has 1 aliphatic rings. The highest BCUT2D eigenvalue weighted by atomic mass is 35.5. The van der Waals surface area contributed by atoms with Crippen molar-refractivity contribution in [2.24, 2.45) is 0 Å². The van der Waals surface area contributed by atoms with Gasteiger partial charge in [0, 0.05) is 11.1 Å². The van der Waals surface area contributed by atoms with Gasteiger partial charge >= 0.3 is 0 Å². The van der Waals surface area contributed by atoms with Gasteiger partial charge in [-0.15, -0.1) is 0 Å². The molecule has 18 heavy (non-hydrogen) atoms. The van der Waals surface area contributed by atoms with Crippen molar-refractivity contribution in [3.63, 3.8) is 0 Å². The lowest BCUT2D eigenvalue weighted by molar-refractivity contribution is -0.0512. The summed E-state index contributed by atoms with van der Waals surface area (Å²) in [4.78, 5) is 0. The normalized spacial score (nSPS) is 23.8. The van der Waals surface area contributed by atoms with E-state index in [2.05, 4.69) is 5.32 Å². The topological polar surface area (TPSA) is 32.3 Å². The largest absolute Gasteiger partial charge is 0.390 e. The fourth-order valence-corrected chi connectivity index (χ4v) is 2.27. The van der Waals surface area contributed by atoms with Gasteiger partial charge in [0.05, 0.1) is 6.54 Å². The maximum atomic E-state index is 12.8. The van der Waals surface area contributed by atoms with Crippen molar-refractivity contribution in [1.29, 1.82) is 0 Å². The van der Waals surface area contributed by atoms with Crippen LogP contribution in [0.3, 0.4) is 0 Å². The van der Waals surface area contributed by atoms with E-state index in [1.807, 2.05) is 24.3 Å². The first-order valence-electron chi connectivity index (χ1n) is 5.98. The van der Waals surface area contributed by atoms with E-state index in [9.17, 15) is 8.78 Å². The molecule has 0 saturated heterocycles. The average Bonchev–Trinajstić information content (AvgIpc) is 2.29. The monoisotopic (exact) mass is 275 g/mol. The molecule has 1 fully saturated rings. The van der Waals surface area contributed by atoms with Crippen LogP contribution in [0.15, 0.2) is 24.3 Å². The second-order valence-corrected chi connectivity index (χ2v) is 5.25. The van der Waals surface area contributed by atoms with Crippen molar-refractivity contribution in [3.05, 3.63) is 34.9 Å². The summed E-state index contributed by atoms with van der Waals surface area (Å²) in [5, 5.41) is 11.9. The summed E-state index contributed by atoms with van der Waals surface area (Å²) in [6.07, 6.45) is 1.70. The highest BCUT2D eigenvalue weighted by Crippen LogP contribution is 2.37. The third-order valence-corrected chi connectivity index (χ3v) is 3.61. The predicted molar refractivity (Wildman–Crippen MR) is 67.3 cm³/mol. The molecule has 1 aromatic carbocycles. The molecule has 0 amide bonds. The number of hydrogen-bond acceptors (Lipinski definition) is 2. The van der Waals surface area contributed by atoms with E-state index in [1.54, 1.807) is 0 Å². The van der Waals surface area contributed by atoms with Crippen LogP contribution in [0.5, 0.6) is 0 Å². The number of aliphatic hydroxyl groups is 1. The fourth-order valence-electron chi connectivity index (χ4n) is 2.14. The van der Waals surface area contributed by atoms with Crippen LogP contribution >= 0.6 is 11.6 Å². The van der Waals surface area contributed by atoms with Crippen molar-refractivity contribution in [2.75, 3.05) is 13.2 Å². The van der Waals surface area contributed by atoms with Gasteiger partial charge in [0.2, 0.25) is 0 Å². The first-order chi connectivity index (χ1) is 8.50. The molecule has 0 atom stereocenters. The van der Waals surface area contributed by atoms with Gasteiger partial charge in [-0.1, -0.05) is 23.7 Å². The third kappa shape index (κ3) is 3.40. The lowest BCUT2D eigenvalue weighted by Crippen LogP contribution is -2.46. The number of halogens is 3. The van der Waals surface area contributed by atoms with E-state index in [0.717, 1.165) is 12.8 Å². The maximum absolute atomic E-state index is 12.8. The Morgan fingerprint density at radius 3 is 2.44 bits per heavy atom. The number of nitrogens with one attached hydrogen (secondary N) is 1. The molecule has 1 saturated carbocycles. The van der Waals surface area contributed by atoms with E-state index in [4.69, 9.17) is 16.7 Å². The van der Waals surface area contributed by atoms with Crippen molar-refractivity contribution in [2.45, 2.75) is 30.7 Å². The molecule has 2 N–H and O–H groups in total. The summed E-state index contributed by atoms with van der Waals surface area (Å²) >= 11 is 5.80. The lowest BCUT2D eigenvalue weighted by atomic mass is 9.76. The van der Waals surface area contributed by atoms with Crippen LogP contribution in [0.2, 0.25) is 5.02 Å². The number of rotatable bonds is 5. The fraction of sp³-hybridized carbons (Fsp3) is 0.538.